The number of carbonyl (C=O) groups is 1. The highest BCUT2D eigenvalue weighted by atomic mass is 16.1. The normalized spacial score (nSPS) is 28.3. The number of fused-ring (bicyclic) bond motifs is 3. The Morgan fingerprint density at radius 2 is 2.22 bits per heavy atom. The Bertz CT molecular complexity index is 985. The number of hydrogen-bond donors (Lipinski definition) is 1. The Hall–Kier alpha value is -2.68. The summed E-state index contributed by atoms with van der Waals surface area (Å²) in [5.41, 5.74) is 3.16. The number of Topliss-reactive ketones (excluding diaryl/α,β-unsaturated/α-hetero) is 1. The number of aromatic amines is 1. The van der Waals surface area contributed by atoms with Gasteiger partial charge in [-0.3, -0.25) is 4.79 Å². The average Bonchev–Trinajstić information content (AvgIpc) is 3.07. The van der Waals surface area contributed by atoms with Gasteiger partial charge in [-0.1, -0.05) is 0 Å². The van der Waals surface area contributed by atoms with Crippen LogP contribution < -0.4 is 0 Å². The number of nitriles is 1. The molecule has 0 saturated heterocycles. The molecular weight excluding hydrogens is 290 g/mol. The lowest BCUT2D eigenvalue weighted by Crippen LogP contribution is -2.67. The minimum atomic E-state index is 0.0401. The van der Waals surface area contributed by atoms with Gasteiger partial charge >= 0.3 is 0 Å². The van der Waals surface area contributed by atoms with Crippen LogP contribution in [0.25, 0.3) is 22.1 Å². The molecule has 3 aliphatic rings. The third kappa shape index (κ3) is 1.54. The van der Waals surface area contributed by atoms with Crippen LogP contribution in [0.5, 0.6) is 0 Å². The number of nitrogens with one attached hydrogen (secondary N) is 1. The van der Waals surface area contributed by atoms with Crippen molar-refractivity contribution in [3.05, 3.63) is 24.8 Å². The van der Waals surface area contributed by atoms with Crippen LogP contribution >= 0.6 is 0 Å². The van der Waals surface area contributed by atoms with Crippen molar-refractivity contribution in [3.63, 3.8) is 0 Å². The van der Waals surface area contributed by atoms with Crippen LogP contribution in [-0.2, 0) is 10.3 Å². The van der Waals surface area contributed by atoms with Crippen molar-refractivity contribution in [2.75, 3.05) is 0 Å². The molecule has 3 heterocycles. The summed E-state index contributed by atoms with van der Waals surface area (Å²) in [5.74, 6) is 0.0773. The van der Waals surface area contributed by atoms with Crippen molar-refractivity contribution >= 4 is 27.9 Å². The molecule has 3 fully saturated rings. The molecule has 3 aromatic heterocycles. The SMILES string of the molecule is N#CCC(=O)CC12CC(n3cnc4cnc5[nH]ccc5c43)(C1)C2. The van der Waals surface area contributed by atoms with Gasteiger partial charge in [-0.25, -0.2) is 9.97 Å². The van der Waals surface area contributed by atoms with Crippen LogP contribution in [-0.4, -0.2) is 25.3 Å². The Balaban J connectivity index is 1.49. The predicted molar refractivity (Wildman–Crippen MR) is 83.5 cm³/mol. The first kappa shape index (κ1) is 12.8. The molecule has 0 radical (unpaired) electrons. The zero-order valence-corrected chi connectivity index (χ0v) is 12.5. The van der Waals surface area contributed by atoms with Gasteiger partial charge < -0.3 is 9.55 Å². The first-order valence-corrected chi connectivity index (χ1v) is 7.83. The first-order valence-electron chi connectivity index (χ1n) is 7.83. The van der Waals surface area contributed by atoms with Crippen LogP contribution in [0.2, 0.25) is 0 Å². The van der Waals surface area contributed by atoms with E-state index in [2.05, 4.69) is 19.5 Å². The number of imidazole rings is 1. The maximum atomic E-state index is 11.8. The molecule has 6 heteroatoms. The van der Waals surface area contributed by atoms with Crippen molar-refractivity contribution in [1.82, 2.24) is 19.5 Å². The molecule has 0 aromatic carbocycles. The quantitative estimate of drug-likeness (QED) is 0.802. The summed E-state index contributed by atoms with van der Waals surface area (Å²) < 4.78 is 2.29. The minimum absolute atomic E-state index is 0.0401. The number of ketones is 1. The Morgan fingerprint density at radius 3 is 3.00 bits per heavy atom. The number of carbonyl (C=O) groups excluding carboxylic acids is 1. The van der Waals surface area contributed by atoms with Crippen molar-refractivity contribution in [2.24, 2.45) is 5.41 Å². The molecular formula is C17H15N5O. The number of pyridine rings is 1. The van der Waals surface area contributed by atoms with Crippen LogP contribution in [0.15, 0.2) is 24.8 Å². The summed E-state index contributed by atoms with van der Waals surface area (Å²) in [7, 11) is 0. The topological polar surface area (TPSA) is 87.4 Å². The zero-order chi connectivity index (χ0) is 15.7. The lowest BCUT2D eigenvalue weighted by molar-refractivity contribution is -0.190. The molecule has 3 aromatic rings. The van der Waals surface area contributed by atoms with E-state index in [0.29, 0.717) is 6.42 Å². The summed E-state index contributed by atoms with van der Waals surface area (Å²) in [6.07, 6.45) is 9.25. The maximum absolute atomic E-state index is 11.8. The maximum Gasteiger partial charge on any atom is 0.147 e. The van der Waals surface area contributed by atoms with Gasteiger partial charge in [0.25, 0.3) is 0 Å². The summed E-state index contributed by atoms with van der Waals surface area (Å²) >= 11 is 0. The van der Waals surface area contributed by atoms with Gasteiger partial charge in [0, 0.05) is 23.5 Å². The average molecular weight is 305 g/mol. The van der Waals surface area contributed by atoms with Crippen molar-refractivity contribution in [3.8, 4) is 6.07 Å². The summed E-state index contributed by atoms with van der Waals surface area (Å²) in [6, 6.07) is 4.00. The molecule has 0 unspecified atom stereocenters. The highest BCUT2D eigenvalue weighted by Gasteiger charge is 2.69. The van der Waals surface area contributed by atoms with Crippen LogP contribution in [0.1, 0.15) is 32.1 Å². The predicted octanol–water partition coefficient (Wildman–Crippen LogP) is 2.66. The van der Waals surface area contributed by atoms with Crippen LogP contribution in [0.3, 0.4) is 0 Å². The highest BCUT2D eigenvalue weighted by molar-refractivity contribution is 6.01. The van der Waals surface area contributed by atoms with Gasteiger partial charge in [-0.05, 0) is 30.7 Å². The van der Waals surface area contributed by atoms with Gasteiger partial charge in [-0.2, -0.15) is 5.26 Å². The van der Waals surface area contributed by atoms with Crippen LogP contribution in [0.4, 0.5) is 0 Å². The van der Waals surface area contributed by atoms with E-state index < -0.39 is 0 Å². The third-order valence-corrected chi connectivity index (χ3v) is 5.56. The Morgan fingerprint density at radius 1 is 1.39 bits per heavy atom. The van der Waals surface area contributed by atoms with E-state index in [9.17, 15) is 4.79 Å². The fourth-order valence-electron chi connectivity index (χ4n) is 4.82. The summed E-state index contributed by atoms with van der Waals surface area (Å²) in [4.78, 5) is 23.8. The lowest BCUT2D eigenvalue weighted by atomic mass is 9.38. The largest absolute Gasteiger partial charge is 0.346 e. The standard InChI is InChI=1S/C17H15N5O/c18-3-1-11(23)5-16-7-17(8-16,9-16)22-10-21-13-6-20-15-12(14(13)22)2-4-19-15/h2,4,6,10H,1,5,7-9H2,(H,19,20). The summed E-state index contributed by atoms with van der Waals surface area (Å²) in [6.45, 7) is 0. The molecule has 114 valence electrons. The third-order valence-electron chi connectivity index (χ3n) is 5.56. The van der Waals surface area contributed by atoms with E-state index in [-0.39, 0.29) is 23.2 Å². The molecule has 0 aliphatic heterocycles. The first-order chi connectivity index (χ1) is 11.1. The monoisotopic (exact) mass is 305 g/mol. The molecule has 6 nitrogen and oxygen atoms in total. The number of aromatic nitrogens is 4. The van der Waals surface area contributed by atoms with Crippen molar-refractivity contribution in [2.45, 2.75) is 37.6 Å². The number of nitrogens with zero attached hydrogens (tertiary/aromatic N) is 4. The van der Waals surface area contributed by atoms with Crippen molar-refractivity contribution < 1.29 is 4.79 Å². The van der Waals surface area contributed by atoms with Gasteiger partial charge in [0.1, 0.15) is 16.9 Å². The molecule has 3 aliphatic carbocycles. The van der Waals surface area contributed by atoms with Gasteiger partial charge in [0.2, 0.25) is 0 Å². The van der Waals surface area contributed by atoms with E-state index in [1.807, 2.05) is 30.9 Å². The van der Waals surface area contributed by atoms with Gasteiger partial charge in [-0.15, -0.1) is 0 Å². The number of hydrogen-bond acceptors (Lipinski definition) is 4. The molecule has 1 N–H and O–H groups in total. The molecule has 6 rings (SSSR count). The number of rotatable bonds is 4. The fourth-order valence-corrected chi connectivity index (χ4v) is 4.82. The van der Waals surface area contributed by atoms with Gasteiger partial charge in [0.15, 0.2) is 0 Å². The smallest absolute Gasteiger partial charge is 0.147 e. The molecule has 0 amide bonds. The highest BCUT2D eigenvalue weighted by Crippen LogP contribution is 2.73. The molecule has 0 atom stereocenters. The van der Waals surface area contributed by atoms with E-state index in [1.165, 1.54) is 0 Å². The van der Waals surface area contributed by atoms with E-state index in [4.69, 9.17) is 5.26 Å². The van der Waals surface area contributed by atoms with Crippen molar-refractivity contribution in [1.29, 1.82) is 5.26 Å². The van der Waals surface area contributed by atoms with E-state index in [0.717, 1.165) is 41.3 Å². The second-order valence-electron chi connectivity index (χ2n) is 7.15. The molecule has 23 heavy (non-hydrogen) atoms. The van der Waals surface area contributed by atoms with E-state index >= 15 is 0 Å². The van der Waals surface area contributed by atoms with E-state index in [1.54, 1.807) is 0 Å². The number of H-pyrrole nitrogens is 1. The lowest BCUT2D eigenvalue weighted by Gasteiger charge is -2.71. The molecule has 0 spiro atoms. The van der Waals surface area contributed by atoms with Gasteiger partial charge in [0.05, 0.1) is 30.5 Å². The summed E-state index contributed by atoms with van der Waals surface area (Å²) in [5, 5.41) is 9.74. The zero-order valence-electron chi connectivity index (χ0n) is 12.5. The second kappa shape index (κ2) is 3.99. The van der Waals surface area contributed by atoms with Crippen LogP contribution in [0, 0.1) is 16.7 Å². The molecule has 2 bridgehead atoms. The fraction of sp³-hybridized carbons (Fsp3) is 0.412. The molecule has 3 saturated carbocycles. The Kier molecular flexibility index (Phi) is 2.22. The Labute approximate surface area is 132 Å². The second-order valence-corrected chi connectivity index (χ2v) is 7.15. The minimum Gasteiger partial charge on any atom is -0.346 e.